The lowest BCUT2D eigenvalue weighted by molar-refractivity contribution is 0.0575. The Labute approximate surface area is 117 Å². The molecule has 3 aliphatic rings. The van der Waals surface area contributed by atoms with Gasteiger partial charge in [-0.15, -0.1) is 0 Å². The summed E-state index contributed by atoms with van der Waals surface area (Å²) in [6, 6.07) is 0. The van der Waals surface area contributed by atoms with E-state index in [1.54, 1.807) is 0 Å². The van der Waals surface area contributed by atoms with E-state index in [9.17, 15) is 0 Å². The molecule has 0 bridgehead atoms. The Balaban J connectivity index is 1.36. The molecule has 3 rings (SSSR count). The van der Waals surface area contributed by atoms with Crippen LogP contribution in [0.3, 0.4) is 0 Å². The molecule has 110 valence electrons. The van der Waals surface area contributed by atoms with Crippen molar-refractivity contribution in [2.24, 2.45) is 11.3 Å². The first kappa shape index (κ1) is 13.8. The topological polar surface area (TPSA) is 30.5 Å². The van der Waals surface area contributed by atoms with Crippen LogP contribution < -0.4 is 10.6 Å². The molecule has 0 atom stereocenters. The second kappa shape index (κ2) is 6.08. The predicted molar refractivity (Wildman–Crippen MR) is 79.5 cm³/mol. The number of hydrogen-bond acceptors (Lipinski definition) is 4. The van der Waals surface area contributed by atoms with Crippen LogP contribution in [0.4, 0.5) is 0 Å². The Morgan fingerprint density at radius 2 is 1.58 bits per heavy atom. The maximum atomic E-state index is 3.46. The molecule has 0 radical (unpaired) electrons. The van der Waals surface area contributed by atoms with E-state index >= 15 is 0 Å². The van der Waals surface area contributed by atoms with Gasteiger partial charge in [0.25, 0.3) is 0 Å². The van der Waals surface area contributed by atoms with Gasteiger partial charge in [-0.25, -0.2) is 0 Å². The predicted octanol–water partition coefficient (Wildman–Crippen LogP) is 0.213. The molecule has 4 heteroatoms. The lowest BCUT2D eigenvalue weighted by Crippen LogP contribution is -2.59. The van der Waals surface area contributed by atoms with Gasteiger partial charge in [-0.05, 0) is 31.8 Å². The molecule has 0 aromatic rings. The summed E-state index contributed by atoms with van der Waals surface area (Å²) in [4.78, 5) is 5.38. The molecule has 3 heterocycles. The van der Waals surface area contributed by atoms with Crippen LogP contribution in [-0.4, -0.2) is 75.2 Å². The smallest absolute Gasteiger partial charge is 0.0110 e. The average Bonchev–Trinajstić information content (AvgIpc) is 2.40. The zero-order chi connectivity index (χ0) is 13.1. The van der Waals surface area contributed by atoms with Gasteiger partial charge < -0.3 is 20.4 Å². The van der Waals surface area contributed by atoms with E-state index in [0.717, 1.165) is 5.92 Å². The molecule has 3 fully saturated rings. The van der Waals surface area contributed by atoms with Crippen LogP contribution in [0.15, 0.2) is 0 Å². The van der Waals surface area contributed by atoms with Gasteiger partial charge in [0.15, 0.2) is 0 Å². The van der Waals surface area contributed by atoms with Crippen molar-refractivity contribution in [3.63, 3.8) is 0 Å². The molecule has 0 saturated carbocycles. The van der Waals surface area contributed by atoms with Gasteiger partial charge in [-0.2, -0.15) is 0 Å². The third-order valence-corrected chi connectivity index (χ3v) is 5.15. The first-order valence-corrected chi connectivity index (χ1v) is 8.10. The lowest BCUT2D eigenvalue weighted by atomic mass is 9.83. The highest BCUT2D eigenvalue weighted by Crippen LogP contribution is 2.23. The average molecular weight is 266 g/mol. The zero-order valence-corrected chi connectivity index (χ0v) is 12.5. The van der Waals surface area contributed by atoms with Crippen LogP contribution in [0.25, 0.3) is 0 Å². The summed E-state index contributed by atoms with van der Waals surface area (Å²) >= 11 is 0. The van der Waals surface area contributed by atoms with Crippen LogP contribution >= 0.6 is 0 Å². The summed E-state index contributed by atoms with van der Waals surface area (Å²) in [5.74, 6) is 0.946. The van der Waals surface area contributed by atoms with Gasteiger partial charge in [-0.3, -0.25) is 0 Å². The fourth-order valence-corrected chi connectivity index (χ4v) is 3.76. The van der Waals surface area contributed by atoms with E-state index in [-0.39, 0.29) is 0 Å². The zero-order valence-electron chi connectivity index (χ0n) is 12.5. The molecule has 19 heavy (non-hydrogen) atoms. The molecule has 0 aromatic heterocycles. The Bertz CT molecular complexity index is 276. The highest BCUT2D eigenvalue weighted by molar-refractivity contribution is 4.91. The molecule has 0 spiro atoms. The maximum Gasteiger partial charge on any atom is 0.0110 e. The van der Waals surface area contributed by atoms with Crippen molar-refractivity contribution in [1.82, 2.24) is 20.4 Å². The Morgan fingerprint density at radius 3 is 2.16 bits per heavy atom. The van der Waals surface area contributed by atoms with Gasteiger partial charge >= 0.3 is 0 Å². The summed E-state index contributed by atoms with van der Waals surface area (Å²) in [5, 5.41) is 6.88. The van der Waals surface area contributed by atoms with Crippen LogP contribution in [-0.2, 0) is 0 Å². The molecule has 0 aliphatic carbocycles. The van der Waals surface area contributed by atoms with Crippen LogP contribution in [0.1, 0.15) is 19.8 Å². The summed E-state index contributed by atoms with van der Waals surface area (Å²) in [7, 11) is 0. The Kier molecular flexibility index (Phi) is 4.42. The summed E-state index contributed by atoms with van der Waals surface area (Å²) in [6.07, 6.45) is 2.76. The van der Waals surface area contributed by atoms with E-state index < -0.39 is 0 Å². The number of nitrogens with zero attached hydrogens (tertiary/aromatic N) is 2. The number of rotatable bonds is 4. The second-order valence-corrected chi connectivity index (χ2v) is 7.18. The van der Waals surface area contributed by atoms with Crippen molar-refractivity contribution in [1.29, 1.82) is 0 Å². The summed E-state index contributed by atoms with van der Waals surface area (Å²) < 4.78 is 0. The van der Waals surface area contributed by atoms with Crippen LogP contribution in [0.5, 0.6) is 0 Å². The maximum absolute atomic E-state index is 3.46. The normalized spacial score (nSPS) is 30.2. The minimum Gasteiger partial charge on any atom is -0.317 e. The van der Waals surface area contributed by atoms with Crippen LogP contribution in [0.2, 0.25) is 0 Å². The Morgan fingerprint density at radius 1 is 0.947 bits per heavy atom. The minimum atomic E-state index is 0.553. The van der Waals surface area contributed by atoms with Crippen molar-refractivity contribution >= 4 is 0 Å². The van der Waals surface area contributed by atoms with Gasteiger partial charge in [0.2, 0.25) is 0 Å². The third-order valence-electron chi connectivity index (χ3n) is 5.15. The monoisotopic (exact) mass is 266 g/mol. The standard InChI is InChI=1S/C15H30N4/c1-15(11-17-12-15)13-19-8-6-18(7-9-19)10-14-2-4-16-5-3-14/h14,16-17H,2-13H2,1H3. The van der Waals surface area contributed by atoms with E-state index in [0.29, 0.717) is 5.41 Å². The van der Waals surface area contributed by atoms with Crippen molar-refractivity contribution in [2.45, 2.75) is 19.8 Å². The number of nitrogens with one attached hydrogen (secondary N) is 2. The quantitative estimate of drug-likeness (QED) is 0.762. The molecule has 0 unspecified atom stereocenters. The van der Waals surface area contributed by atoms with Crippen molar-refractivity contribution in [3.8, 4) is 0 Å². The number of hydrogen-bond donors (Lipinski definition) is 2. The van der Waals surface area contributed by atoms with E-state index in [2.05, 4.69) is 27.4 Å². The van der Waals surface area contributed by atoms with Gasteiger partial charge in [-0.1, -0.05) is 6.92 Å². The molecular weight excluding hydrogens is 236 g/mol. The molecule has 3 saturated heterocycles. The molecular formula is C15H30N4. The van der Waals surface area contributed by atoms with Crippen molar-refractivity contribution < 1.29 is 0 Å². The minimum absolute atomic E-state index is 0.553. The first-order valence-electron chi connectivity index (χ1n) is 8.10. The van der Waals surface area contributed by atoms with E-state index in [1.807, 2.05) is 0 Å². The summed E-state index contributed by atoms with van der Waals surface area (Å²) in [6.45, 7) is 15.1. The second-order valence-electron chi connectivity index (χ2n) is 7.18. The number of piperazine rings is 1. The van der Waals surface area contributed by atoms with Crippen molar-refractivity contribution in [3.05, 3.63) is 0 Å². The summed E-state index contributed by atoms with van der Waals surface area (Å²) in [5.41, 5.74) is 0.553. The van der Waals surface area contributed by atoms with Crippen molar-refractivity contribution in [2.75, 3.05) is 65.4 Å². The fourth-order valence-electron chi connectivity index (χ4n) is 3.76. The third kappa shape index (κ3) is 3.69. The molecule has 3 aliphatic heterocycles. The molecule has 2 N–H and O–H groups in total. The Hall–Kier alpha value is -0.160. The highest BCUT2D eigenvalue weighted by Gasteiger charge is 2.34. The number of piperidine rings is 1. The molecule has 0 aromatic carbocycles. The molecule has 4 nitrogen and oxygen atoms in total. The van der Waals surface area contributed by atoms with E-state index in [4.69, 9.17) is 0 Å². The lowest BCUT2D eigenvalue weighted by Gasteiger charge is -2.45. The SMILES string of the molecule is CC1(CN2CCN(CC3CCNCC3)CC2)CNC1. The fraction of sp³-hybridized carbons (Fsp3) is 1.00. The van der Waals surface area contributed by atoms with Crippen LogP contribution in [0, 0.1) is 11.3 Å². The van der Waals surface area contributed by atoms with Gasteiger partial charge in [0.1, 0.15) is 0 Å². The first-order chi connectivity index (χ1) is 9.23. The molecule has 0 amide bonds. The van der Waals surface area contributed by atoms with Gasteiger partial charge in [0.05, 0.1) is 0 Å². The van der Waals surface area contributed by atoms with Gasteiger partial charge in [0, 0.05) is 57.8 Å². The largest absolute Gasteiger partial charge is 0.317 e. The van der Waals surface area contributed by atoms with E-state index in [1.165, 1.54) is 78.3 Å². The highest BCUT2D eigenvalue weighted by atomic mass is 15.3.